The van der Waals surface area contributed by atoms with E-state index in [-0.39, 0.29) is 6.61 Å². The maximum Gasteiger partial charge on any atom is 0.143 e. The van der Waals surface area contributed by atoms with Crippen LogP contribution in [0.1, 0.15) is 0 Å². The lowest BCUT2D eigenvalue weighted by Gasteiger charge is -2.40. The molecule has 148 valence electrons. The number of hydrogen-bond donors (Lipinski definition) is 8. The fraction of sp³-hybridized carbons (Fsp3) is 1.00. The van der Waals surface area contributed by atoms with Crippen LogP contribution in [-0.2, 0) is 14.2 Å². The van der Waals surface area contributed by atoms with E-state index in [2.05, 4.69) is 0 Å². The summed E-state index contributed by atoms with van der Waals surface area (Å²) in [5, 5.41) is 76.9. The highest BCUT2D eigenvalue weighted by atomic mass is 16.6. The van der Waals surface area contributed by atoms with E-state index in [1.54, 1.807) is 0 Å². The van der Waals surface area contributed by atoms with Gasteiger partial charge in [-0.25, -0.2) is 0 Å². The van der Waals surface area contributed by atoms with Crippen molar-refractivity contribution in [3.8, 4) is 0 Å². The average Bonchev–Trinajstić information content (AvgIpc) is 2.86. The molecule has 0 aromatic carbocycles. The average molecular weight is 370 g/mol. The molecule has 2 heterocycles. The Kier molecular flexibility index (Phi) is 7.09. The molecule has 11 nitrogen and oxygen atoms in total. The van der Waals surface area contributed by atoms with Gasteiger partial charge < -0.3 is 55.1 Å². The summed E-state index contributed by atoms with van der Waals surface area (Å²) in [4.78, 5) is 0. The van der Waals surface area contributed by atoms with Gasteiger partial charge in [-0.15, -0.1) is 0 Å². The minimum Gasteiger partial charge on any atom is -0.394 e. The van der Waals surface area contributed by atoms with Gasteiger partial charge in [0.2, 0.25) is 0 Å². The van der Waals surface area contributed by atoms with Crippen LogP contribution in [0.4, 0.5) is 0 Å². The van der Waals surface area contributed by atoms with Crippen molar-refractivity contribution in [1.82, 2.24) is 0 Å². The first-order valence-electron chi connectivity index (χ1n) is 7.95. The lowest BCUT2D eigenvalue weighted by Crippen LogP contribution is -2.60. The minimum absolute atomic E-state index is 0.306. The quantitative estimate of drug-likeness (QED) is 0.214. The van der Waals surface area contributed by atoms with E-state index in [9.17, 15) is 30.6 Å². The molecule has 2 rings (SSSR count). The Labute approximate surface area is 143 Å². The summed E-state index contributed by atoms with van der Waals surface area (Å²) in [6.45, 7) is -2.54. The highest BCUT2D eigenvalue weighted by molar-refractivity contribution is 5.02. The van der Waals surface area contributed by atoms with Crippen molar-refractivity contribution < 1.29 is 55.1 Å². The Hall–Kier alpha value is -0.440. The van der Waals surface area contributed by atoms with Gasteiger partial charge >= 0.3 is 0 Å². The van der Waals surface area contributed by atoms with Crippen LogP contribution in [0, 0.1) is 0 Å². The van der Waals surface area contributed by atoms with Gasteiger partial charge in [0.15, 0.2) is 0 Å². The van der Waals surface area contributed by atoms with E-state index in [0.717, 1.165) is 0 Å². The third-order valence-corrected chi connectivity index (χ3v) is 4.70. The summed E-state index contributed by atoms with van der Waals surface area (Å²) in [6.07, 6.45) is -10.7. The third-order valence-electron chi connectivity index (χ3n) is 4.70. The van der Waals surface area contributed by atoms with Crippen LogP contribution in [0.2, 0.25) is 0 Å². The van der Waals surface area contributed by atoms with Crippen molar-refractivity contribution in [3.05, 3.63) is 0 Å². The summed E-state index contributed by atoms with van der Waals surface area (Å²) in [5.74, 6) is 0. The molecule has 9 atom stereocenters. The van der Waals surface area contributed by atoms with Gasteiger partial charge in [-0.2, -0.15) is 0 Å². The van der Waals surface area contributed by atoms with Gasteiger partial charge in [0.25, 0.3) is 0 Å². The molecule has 0 aromatic heterocycles. The molecule has 0 radical (unpaired) electrons. The molecule has 25 heavy (non-hydrogen) atoms. The molecule has 0 amide bonds. The smallest absolute Gasteiger partial charge is 0.143 e. The molecule has 0 bridgehead atoms. The molecule has 0 spiro atoms. The Morgan fingerprint density at radius 3 is 1.88 bits per heavy atom. The lowest BCUT2D eigenvalue weighted by atomic mass is 9.95. The first-order chi connectivity index (χ1) is 11.8. The first-order valence-corrected chi connectivity index (χ1v) is 7.95. The van der Waals surface area contributed by atoms with E-state index in [1.807, 2.05) is 0 Å². The molecule has 0 saturated carbocycles. The number of ether oxygens (including phenoxy) is 3. The standard InChI is InChI=1S/C14H26O11/c15-1-6-9(18)12(21)10(19)8(24-6)3-23-5-14(4-17)13(22)11(20)7(2-16)25-14/h6-13,15-22H,1-5H2/t6?,7-,8-,9-,10?,11+,12-,13?,14+/m1/s1. The molecule has 2 fully saturated rings. The molecular weight excluding hydrogens is 344 g/mol. The van der Waals surface area contributed by atoms with Crippen molar-refractivity contribution in [3.63, 3.8) is 0 Å². The largest absolute Gasteiger partial charge is 0.394 e. The topological polar surface area (TPSA) is 190 Å². The van der Waals surface area contributed by atoms with Crippen LogP contribution in [0.5, 0.6) is 0 Å². The normalized spacial score (nSPS) is 48.0. The lowest BCUT2D eigenvalue weighted by molar-refractivity contribution is -0.244. The SMILES string of the molecule is OCC1O[C@H](COC[C@]2(CO)O[C@H](CO)[C@H](O)C2O)C(O)[C@H](O)[C@@H]1O. The van der Waals surface area contributed by atoms with Crippen LogP contribution in [0.25, 0.3) is 0 Å². The van der Waals surface area contributed by atoms with E-state index in [0.29, 0.717) is 0 Å². The summed E-state index contributed by atoms with van der Waals surface area (Å²) in [5.41, 5.74) is -1.67. The molecule has 3 unspecified atom stereocenters. The molecule has 11 heteroatoms. The van der Waals surface area contributed by atoms with Gasteiger partial charge in [-0.3, -0.25) is 0 Å². The molecule has 2 aliphatic heterocycles. The van der Waals surface area contributed by atoms with Crippen molar-refractivity contribution in [1.29, 1.82) is 0 Å². The molecule has 2 saturated heterocycles. The van der Waals surface area contributed by atoms with Crippen molar-refractivity contribution >= 4 is 0 Å². The summed E-state index contributed by atoms with van der Waals surface area (Å²) >= 11 is 0. The fourth-order valence-electron chi connectivity index (χ4n) is 3.06. The van der Waals surface area contributed by atoms with Gasteiger partial charge in [-0.1, -0.05) is 0 Å². The monoisotopic (exact) mass is 370 g/mol. The van der Waals surface area contributed by atoms with Crippen LogP contribution in [0.15, 0.2) is 0 Å². The van der Waals surface area contributed by atoms with Crippen molar-refractivity contribution in [2.24, 2.45) is 0 Å². The Morgan fingerprint density at radius 2 is 1.36 bits per heavy atom. The molecular formula is C14H26O11. The number of aliphatic hydroxyl groups is 8. The zero-order chi connectivity index (χ0) is 18.8. The zero-order valence-corrected chi connectivity index (χ0v) is 13.5. The molecule has 8 N–H and O–H groups in total. The Balaban J connectivity index is 1.94. The number of rotatable bonds is 7. The predicted molar refractivity (Wildman–Crippen MR) is 78.4 cm³/mol. The first kappa shape index (κ1) is 20.9. The van der Waals surface area contributed by atoms with Crippen LogP contribution >= 0.6 is 0 Å². The highest BCUT2D eigenvalue weighted by Crippen LogP contribution is 2.32. The van der Waals surface area contributed by atoms with Crippen molar-refractivity contribution in [2.45, 2.75) is 54.4 Å². The van der Waals surface area contributed by atoms with E-state index >= 15 is 0 Å². The van der Waals surface area contributed by atoms with Gasteiger partial charge in [0, 0.05) is 0 Å². The Morgan fingerprint density at radius 1 is 0.760 bits per heavy atom. The maximum atomic E-state index is 10.0. The van der Waals surface area contributed by atoms with Crippen molar-refractivity contribution in [2.75, 3.05) is 33.0 Å². The third kappa shape index (κ3) is 3.96. The predicted octanol–water partition coefficient (Wildman–Crippen LogP) is -5.31. The summed E-state index contributed by atoms with van der Waals surface area (Å²) in [7, 11) is 0. The summed E-state index contributed by atoms with van der Waals surface area (Å²) < 4.78 is 15.9. The highest BCUT2D eigenvalue weighted by Gasteiger charge is 2.54. The summed E-state index contributed by atoms with van der Waals surface area (Å²) in [6, 6.07) is 0. The maximum absolute atomic E-state index is 10.0. The Bertz CT molecular complexity index is 422. The fourth-order valence-corrected chi connectivity index (χ4v) is 3.06. The second-order valence-electron chi connectivity index (χ2n) is 6.38. The van der Waals surface area contributed by atoms with Gasteiger partial charge in [0.1, 0.15) is 54.4 Å². The minimum atomic E-state index is -1.67. The number of hydrogen-bond acceptors (Lipinski definition) is 11. The molecule has 2 aliphatic rings. The number of aliphatic hydroxyl groups excluding tert-OH is 8. The van der Waals surface area contributed by atoms with Crippen LogP contribution < -0.4 is 0 Å². The van der Waals surface area contributed by atoms with Gasteiger partial charge in [-0.05, 0) is 0 Å². The van der Waals surface area contributed by atoms with Crippen LogP contribution in [0.3, 0.4) is 0 Å². The molecule has 0 aromatic rings. The van der Waals surface area contributed by atoms with E-state index < -0.39 is 80.9 Å². The van der Waals surface area contributed by atoms with E-state index in [1.165, 1.54) is 0 Å². The van der Waals surface area contributed by atoms with Gasteiger partial charge in [0.05, 0.1) is 33.0 Å². The van der Waals surface area contributed by atoms with E-state index in [4.69, 9.17) is 24.4 Å². The second-order valence-corrected chi connectivity index (χ2v) is 6.38. The van der Waals surface area contributed by atoms with Crippen LogP contribution in [-0.4, -0.2) is 128 Å². The zero-order valence-electron chi connectivity index (χ0n) is 13.5. The molecule has 0 aliphatic carbocycles. The second kappa shape index (κ2) is 8.50.